The minimum Gasteiger partial charge on any atom is -0.337 e. The normalized spacial score (nSPS) is 17.6. The van der Waals surface area contributed by atoms with Crippen LogP contribution in [0.4, 0.5) is 0 Å². The quantitative estimate of drug-likeness (QED) is 0.735. The van der Waals surface area contributed by atoms with Gasteiger partial charge in [-0.25, -0.2) is 4.98 Å². The maximum Gasteiger partial charge on any atom is 0.272 e. The van der Waals surface area contributed by atoms with Gasteiger partial charge in [0.15, 0.2) is 0 Å². The molecule has 3 heterocycles. The molecule has 0 spiro atoms. The average Bonchev–Trinajstić information content (AvgIpc) is 2.68. The van der Waals surface area contributed by atoms with Gasteiger partial charge in [0, 0.05) is 30.4 Å². The Labute approximate surface area is 147 Å². The van der Waals surface area contributed by atoms with Gasteiger partial charge in [-0.2, -0.15) is 0 Å². The first-order chi connectivity index (χ1) is 12.3. The Morgan fingerprint density at radius 1 is 1.08 bits per heavy atom. The van der Waals surface area contributed by atoms with Crippen LogP contribution >= 0.6 is 0 Å². The summed E-state index contributed by atoms with van der Waals surface area (Å²) in [5.74, 6) is 0.504. The summed E-state index contributed by atoms with van der Waals surface area (Å²) in [4.78, 5) is 23.8. The fourth-order valence-electron chi connectivity index (χ4n) is 3.58. The molecule has 3 aromatic rings. The summed E-state index contributed by atoms with van der Waals surface area (Å²) >= 11 is 0. The van der Waals surface area contributed by atoms with Crippen molar-refractivity contribution in [3.8, 4) is 0 Å². The molecule has 1 aliphatic heterocycles. The van der Waals surface area contributed by atoms with Gasteiger partial charge in [0.05, 0.1) is 5.52 Å². The highest BCUT2D eigenvalue weighted by Crippen LogP contribution is 2.22. The van der Waals surface area contributed by atoms with E-state index < -0.39 is 0 Å². The number of likely N-dealkylation sites (tertiary alicyclic amines) is 1. The molecule has 1 aliphatic rings. The molecule has 4 heteroatoms. The second kappa shape index (κ2) is 7.01. The lowest BCUT2D eigenvalue weighted by Gasteiger charge is -2.32. The van der Waals surface area contributed by atoms with Crippen LogP contribution in [-0.4, -0.2) is 33.9 Å². The van der Waals surface area contributed by atoms with Gasteiger partial charge in [-0.15, -0.1) is 0 Å². The van der Waals surface area contributed by atoms with Crippen molar-refractivity contribution in [3.05, 3.63) is 72.2 Å². The van der Waals surface area contributed by atoms with Gasteiger partial charge in [0.1, 0.15) is 5.69 Å². The molecule has 0 N–H and O–H groups in total. The van der Waals surface area contributed by atoms with Crippen molar-refractivity contribution in [2.75, 3.05) is 13.1 Å². The maximum absolute atomic E-state index is 12.9. The lowest BCUT2D eigenvalue weighted by atomic mass is 9.93. The van der Waals surface area contributed by atoms with Gasteiger partial charge in [-0.3, -0.25) is 9.78 Å². The molecule has 0 saturated carbocycles. The number of fused-ring (bicyclic) bond motifs is 1. The molecule has 0 radical (unpaired) electrons. The van der Waals surface area contributed by atoms with Crippen molar-refractivity contribution in [3.63, 3.8) is 0 Å². The molecule has 0 unspecified atom stereocenters. The molecule has 1 saturated heterocycles. The Morgan fingerprint density at radius 2 is 1.96 bits per heavy atom. The Hall–Kier alpha value is -2.75. The van der Waals surface area contributed by atoms with Crippen molar-refractivity contribution >= 4 is 16.8 Å². The summed E-state index contributed by atoms with van der Waals surface area (Å²) in [7, 11) is 0. The summed E-state index contributed by atoms with van der Waals surface area (Å²) in [6.45, 7) is 1.59. The van der Waals surface area contributed by atoms with E-state index in [0.717, 1.165) is 48.9 Å². The highest BCUT2D eigenvalue weighted by Gasteiger charge is 2.25. The molecule has 2 aromatic heterocycles. The molecule has 1 atom stereocenters. The van der Waals surface area contributed by atoms with Gasteiger partial charge in [-0.05, 0) is 49.4 Å². The summed E-state index contributed by atoms with van der Waals surface area (Å²) in [5, 5.41) is 1.06. The highest BCUT2D eigenvalue weighted by molar-refractivity contribution is 5.95. The molecular formula is C21H21N3O. The second-order valence-electron chi connectivity index (χ2n) is 6.67. The fraction of sp³-hybridized carbons (Fsp3) is 0.286. The van der Waals surface area contributed by atoms with Crippen molar-refractivity contribution < 1.29 is 4.79 Å². The SMILES string of the molecule is O=C(c1ccc2ccccc2n1)N1CCC[C@H](Cc2ccccn2)C1. The van der Waals surface area contributed by atoms with E-state index in [1.54, 1.807) is 0 Å². The minimum atomic E-state index is 0.0384. The van der Waals surface area contributed by atoms with Crippen molar-refractivity contribution in [1.29, 1.82) is 0 Å². The topological polar surface area (TPSA) is 46.1 Å². The first-order valence-electron chi connectivity index (χ1n) is 8.84. The van der Waals surface area contributed by atoms with E-state index in [9.17, 15) is 4.79 Å². The maximum atomic E-state index is 12.9. The van der Waals surface area contributed by atoms with E-state index in [-0.39, 0.29) is 5.91 Å². The molecule has 1 aromatic carbocycles. The van der Waals surface area contributed by atoms with Crippen LogP contribution in [0.25, 0.3) is 10.9 Å². The van der Waals surface area contributed by atoms with Crippen LogP contribution in [0.5, 0.6) is 0 Å². The number of pyridine rings is 2. The van der Waals surface area contributed by atoms with E-state index in [2.05, 4.69) is 16.0 Å². The van der Waals surface area contributed by atoms with Crippen LogP contribution in [0.1, 0.15) is 29.0 Å². The number of nitrogens with zero attached hydrogens (tertiary/aromatic N) is 3. The zero-order chi connectivity index (χ0) is 17.1. The van der Waals surface area contributed by atoms with E-state index in [1.807, 2.05) is 59.6 Å². The Bertz CT molecular complexity index is 878. The molecule has 25 heavy (non-hydrogen) atoms. The lowest BCUT2D eigenvalue weighted by molar-refractivity contribution is 0.0667. The number of rotatable bonds is 3. The largest absolute Gasteiger partial charge is 0.337 e. The van der Waals surface area contributed by atoms with Gasteiger partial charge in [-0.1, -0.05) is 30.3 Å². The first-order valence-corrected chi connectivity index (χ1v) is 8.84. The van der Waals surface area contributed by atoms with Gasteiger partial charge >= 0.3 is 0 Å². The Kier molecular flexibility index (Phi) is 4.42. The third-order valence-electron chi connectivity index (χ3n) is 4.85. The minimum absolute atomic E-state index is 0.0384. The number of carbonyl (C=O) groups is 1. The number of benzene rings is 1. The van der Waals surface area contributed by atoms with Crippen LogP contribution < -0.4 is 0 Å². The third kappa shape index (κ3) is 3.53. The zero-order valence-corrected chi connectivity index (χ0v) is 14.1. The van der Waals surface area contributed by atoms with E-state index in [1.165, 1.54) is 0 Å². The number of aromatic nitrogens is 2. The predicted octanol–water partition coefficient (Wildman–Crippen LogP) is 3.72. The number of amides is 1. The molecule has 4 nitrogen and oxygen atoms in total. The van der Waals surface area contributed by atoms with Crippen LogP contribution in [0.2, 0.25) is 0 Å². The number of carbonyl (C=O) groups excluding carboxylic acids is 1. The monoisotopic (exact) mass is 331 g/mol. The van der Waals surface area contributed by atoms with Gasteiger partial charge in [0.25, 0.3) is 5.91 Å². The lowest BCUT2D eigenvalue weighted by Crippen LogP contribution is -2.40. The summed E-state index contributed by atoms with van der Waals surface area (Å²) in [6.07, 6.45) is 4.94. The Balaban J connectivity index is 1.49. The fourth-order valence-corrected chi connectivity index (χ4v) is 3.58. The molecule has 1 fully saturated rings. The number of para-hydroxylation sites is 1. The van der Waals surface area contributed by atoms with Crippen LogP contribution in [0.15, 0.2) is 60.8 Å². The summed E-state index contributed by atoms with van der Waals surface area (Å²) in [5.41, 5.74) is 2.51. The van der Waals surface area contributed by atoms with Crippen LogP contribution in [-0.2, 0) is 6.42 Å². The number of hydrogen-bond donors (Lipinski definition) is 0. The van der Waals surface area contributed by atoms with Crippen molar-refractivity contribution in [1.82, 2.24) is 14.9 Å². The second-order valence-corrected chi connectivity index (χ2v) is 6.67. The van der Waals surface area contributed by atoms with Crippen molar-refractivity contribution in [2.45, 2.75) is 19.3 Å². The highest BCUT2D eigenvalue weighted by atomic mass is 16.2. The van der Waals surface area contributed by atoms with E-state index in [0.29, 0.717) is 11.6 Å². The smallest absolute Gasteiger partial charge is 0.272 e. The standard InChI is InChI=1S/C21H21N3O/c25-21(20-11-10-17-7-1-2-9-19(17)23-20)24-13-5-6-16(15-24)14-18-8-3-4-12-22-18/h1-4,7-12,16H,5-6,13-15H2/t16-/m1/s1. The summed E-state index contributed by atoms with van der Waals surface area (Å²) < 4.78 is 0. The molecule has 1 amide bonds. The molecular weight excluding hydrogens is 310 g/mol. The number of hydrogen-bond acceptors (Lipinski definition) is 3. The third-order valence-corrected chi connectivity index (χ3v) is 4.85. The van der Waals surface area contributed by atoms with Crippen LogP contribution in [0, 0.1) is 5.92 Å². The first kappa shape index (κ1) is 15.8. The molecule has 126 valence electrons. The Morgan fingerprint density at radius 3 is 2.84 bits per heavy atom. The summed E-state index contributed by atoms with van der Waals surface area (Å²) in [6, 6.07) is 17.7. The average molecular weight is 331 g/mol. The van der Waals surface area contributed by atoms with Crippen LogP contribution in [0.3, 0.4) is 0 Å². The molecule has 0 bridgehead atoms. The number of piperidine rings is 1. The van der Waals surface area contributed by atoms with E-state index in [4.69, 9.17) is 0 Å². The molecule has 4 rings (SSSR count). The zero-order valence-electron chi connectivity index (χ0n) is 14.1. The van der Waals surface area contributed by atoms with Crippen molar-refractivity contribution in [2.24, 2.45) is 5.92 Å². The molecule has 0 aliphatic carbocycles. The van der Waals surface area contributed by atoms with Gasteiger partial charge in [0.2, 0.25) is 0 Å². The van der Waals surface area contributed by atoms with Gasteiger partial charge < -0.3 is 4.90 Å². The predicted molar refractivity (Wildman–Crippen MR) is 98.3 cm³/mol. The van der Waals surface area contributed by atoms with E-state index >= 15 is 0 Å².